The number of imidazole rings is 1. The molecule has 1 aliphatic heterocycles. The van der Waals surface area contributed by atoms with E-state index in [1.165, 1.54) is 5.56 Å². The first-order valence-electron chi connectivity index (χ1n) is 6.80. The molecule has 0 amide bonds. The number of nitrogens with zero attached hydrogens (tertiary/aromatic N) is 3. The molecule has 4 nitrogen and oxygen atoms in total. The molecule has 4 heteroatoms. The van der Waals surface area contributed by atoms with Crippen molar-refractivity contribution < 1.29 is 4.74 Å². The Bertz CT molecular complexity index is 588. The molecular weight excluding hydrogens is 250 g/mol. The second-order valence-electron chi connectivity index (χ2n) is 5.00. The Balaban J connectivity index is 1.90. The lowest BCUT2D eigenvalue weighted by atomic mass is 10.0. The van der Waals surface area contributed by atoms with Crippen molar-refractivity contribution >= 4 is 0 Å². The van der Waals surface area contributed by atoms with E-state index in [0.717, 1.165) is 31.2 Å². The van der Waals surface area contributed by atoms with Gasteiger partial charge in [0.15, 0.2) is 0 Å². The van der Waals surface area contributed by atoms with E-state index in [1.807, 2.05) is 24.4 Å². The molecule has 0 spiro atoms. The Morgan fingerprint density at radius 3 is 2.90 bits per heavy atom. The molecular formula is C16H19N3O. The highest BCUT2D eigenvalue weighted by atomic mass is 16.5. The molecule has 3 rings (SSSR count). The van der Waals surface area contributed by atoms with Crippen molar-refractivity contribution in [3.8, 4) is 5.75 Å². The van der Waals surface area contributed by atoms with Gasteiger partial charge in [-0.15, -0.1) is 6.58 Å². The zero-order valence-corrected chi connectivity index (χ0v) is 11.7. The minimum Gasteiger partial charge on any atom is -0.497 e. The Morgan fingerprint density at radius 1 is 1.40 bits per heavy atom. The van der Waals surface area contributed by atoms with Crippen molar-refractivity contribution in [2.24, 2.45) is 0 Å². The molecule has 1 aliphatic rings. The van der Waals surface area contributed by atoms with E-state index in [4.69, 9.17) is 4.74 Å². The summed E-state index contributed by atoms with van der Waals surface area (Å²) < 4.78 is 7.46. The van der Waals surface area contributed by atoms with Gasteiger partial charge in [0.25, 0.3) is 0 Å². The fourth-order valence-corrected chi connectivity index (χ4v) is 2.75. The van der Waals surface area contributed by atoms with Crippen LogP contribution in [-0.4, -0.2) is 28.1 Å². The van der Waals surface area contributed by atoms with Gasteiger partial charge in [-0.1, -0.05) is 18.2 Å². The molecule has 0 aliphatic carbocycles. The van der Waals surface area contributed by atoms with Crippen LogP contribution in [0.2, 0.25) is 0 Å². The summed E-state index contributed by atoms with van der Waals surface area (Å²) in [6.45, 7) is 6.51. The number of hydrogen-bond acceptors (Lipinski definition) is 3. The van der Waals surface area contributed by atoms with Gasteiger partial charge in [0.05, 0.1) is 19.7 Å². The average molecular weight is 269 g/mol. The van der Waals surface area contributed by atoms with E-state index < -0.39 is 0 Å². The van der Waals surface area contributed by atoms with Crippen molar-refractivity contribution in [3.63, 3.8) is 0 Å². The summed E-state index contributed by atoms with van der Waals surface area (Å²) in [6.07, 6.45) is 5.88. The summed E-state index contributed by atoms with van der Waals surface area (Å²) in [5, 5.41) is 0. The number of methoxy groups -OCH3 is 1. The van der Waals surface area contributed by atoms with E-state index in [2.05, 4.69) is 39.4 Å². The average Bonchev–Trinajstić information content (AvgIpc) is 2.94. The molecule has 0 radical (unpaired) electrons. The second kappa shape index (κ2) is 5.51. The highest BCUT2D eigenvalue weighted by Gasteiger charge is 2.26. The SMILES string of the molecule is C=CCN1Cc2nccn2C[C@@H]1c1ccc(OC)cc1. The molecule has 0 bridgehead atoms. The van der Waals surface area contributed by atoms with Crippen LogP contribution in [0.1, 0.15) is 17.4 Å². The number of hydrogen-bond donors (Lipinski definition) is 0. The van der Waals surface area contributed by atoms with E-state index in [1.54, 1.807) is 7.11 Å². The Labute approximate surface area is 119 Å². The summed E-state index contributed by atoms with van der Waals surface area (Å²) in [5.74, 6) is 2.01. The third-order valence-corrected chi connectivity index (χ3v) is 3.82. The summed E-state index contributed by atoms with van der Waals surface area (Å²) in [6, 6.07) is 8.67. The van der Waals surface area contributed by atoms with Gasteiger partial charge in [0.1, 0.15) is 11.6 Å². The predicted octanol–water partition coefficient (Wildman–Crippen LogP) is 2.63. The number of aromatic nitrogens is 2. The number of fused-ring (bicyclic) bond motifs is 1. The van der Waals surface area contributed by atoms with Crippen LogP contribution in [-0.2, 0) is 13.1 Å². The molecule has 0 fully saturated rings. The van der Waals surface area contributed by atoms with Gasteiger partial charge in [-0.3, -0.25) is 4.90 Å². The molecule has 1 aromatic carbocycles. The van der Waals surface area contributed by atoms with E-state index in [-0.39, 0.29) is 0 Å². The van der Waals surface area contributed by atoms with Gasteiger partial charge in [-0.25, -0.2) is 4.98 Å². The maximum Gasteiger partial charge on any atom is 0.122 e. The fraction of sp³-hybridized carbons (Fsp3) is 0.312. The lowest BCUT2D eigenvalue weighted by Gasteiger charge is -2.35. The fourth-order valence-electron chi connectivity index (χ4n) is 2.75. The molecule has 0 N–H and O–H groups in total. The molecule has 1 aromatic heterocycles. The van der Waals surface area contributed by atoms with E-state index >= 15 is 0 Å². The van der Waals surface area contributed by atoms with Crippen LogP contribution in [0.25, 0.3) is 0 Å². The summed E-state index contributed by atoms with van der Waals surface area (Å²) in [4.78, 5) is 6.81. The molecule has 2 aromatic rings. The molecule has 0 saturated heterocycles. The number of benzene rings is 1. The van der Waals surface area contributed by atoms with E-state index in [9.17, 15) is 0 Å². The topological polar surface area (TPSA) is 30.3 Å². The largest absolute Gasteiger partial charge is 0.497 e. The van der Waals surface area contributed by atoms with Gasteiger partial charge in [-0.2, -0.15) is 0 Å². The number of rotatable bonds is 4. The molecule has 1 atom stereocenters. The van der Waals surface area contributed by atoms with Crippen molar-refractivity contribution in [1.82, 2.24) is 14.5 Å². The maximum atomic E-state index is 5.23. The monoisotopic (exact) mass is 269 g/mol. The van der Waals surface area contributed by atoms with Gasteiger partial charge in [-0.05, 0) is 17.7 Å². The third kappa shape index (κ3) is 2.34. The molecule has 104 valence electrons. The standard InChI is InChI=1S/C16H19N3O/c1-3-9-18-12-16-17-8-10-19(16)11-15(18)13-4-6-14(20-2)7-5-13/h3-8,10,15H,1,9,11-12H2,2H3/t15-/m1/s1. The zero-order chi connectivity index (χ0) is 13.9. The predicted molar refractivity (Wildman–Crippen MR) is 78.6 cm³/mol. The lowest BCUT2D eigenvalue weighted by Crippen LogP contribution is -2.37. The normalized spacial score (nSPS) is 18.6. The minimum atomic E-state index is 0.348. The van der Waals surface area contributed by atoms with Crippen molar-refractivity contribution in [2.75, 3.05) is 13.7 Å². The van der Waals surface area contributed by atoms with Crippen LogP contribution in [0.3, 0.4) is 0 Å². The second-order valence-corrected chi connectivity index (χ2v) is 5.00. The van der Waals surface area contributed by atoms with Crippen LogP contribution in [0, 0.1) is 0 Å². The Kier molecular flexibility index (Phi) is 3.56. The number of ether oxygens (including phenoxy) is 1. The zero-order valence-electron chi connectivity index (χ0n) is 11.7. The highest BCUT2D eigenvalue weighted by Crippen LogP contribution is 2.29. The van der Waals surface area contributed by atoms with Gasteiger partial charge >= 0.3 is 0 Å². The van der Waals surface area contributed by atoms with Crippen LogP contribution in [0.5, 0.6) is 5.75 Å². The molecule has 0 saturated carbocycles. The van der Waals surface area contributed by atoms with Crippen molar-refractivity contribution in [2.45, 2.75) is 19.1 Å². The third-order valence-electron chi connectivity index (χ3n) is 3.82. The van der Waals surface area contributed by atoms with Gasteiger partial charge in [0, 0.05) is 25.5 Å². The lowest BCUT2D eigenvalue weighted by molar-refractivity contribution is 0.154. The first-order chi connectivity index (χ1) is 9.81. The highest BCUT2D eigenvalue weighted by molar-refractivity contribution is 5.29. The van der Waals surface area contributed by atoms with Crippen molar-refractivity contribution in [1.29, 1.82) is 0 Å². The maximum absolute atomic E-state index is 5.23. The van der Waals surface area contributed by atoms with Gasteiger partial charge in [0.2, 0.25) is 0 Å². The van der Waals surface area contributed by atoms with Gasteiger partial charge < -0.3 is 9.30 Å². The Morgan fingerprint density at radius 2 is 2.20 bits per heavy atom. The van der Waals surface area contributed by atoms with E-state index in [0.29, 0.717) is 6.04 Å². The molecule has 0 unspecified atom stereocenters. The summed E-state index contributed by atoms with van der Waals surface area (Å²) in [7, 11) is 1.69. The summed E-state index contributed by atoms with van der Waals surface area (Å²) >= 11 is 0. The summed E-state index contributed by atoms with van der Waals surface area (Å²) in [5.41, 5.74) is 1.30. The first-order valence-corrected chi connectivity index (χ1v) is 6.80. The Hall–Kier alpha value is -2.07. The van der Waals surface area contributed by atoms with Crippen LogP contribution < -0.4 is 4.74 Å². The van der Waals surface area contributed by atoms with Crippen LogP contribution in [0.15, 0.2) is 49.3 Å². The van der Waals surface area contributed by atoms with Crippen LogP contribution >= 0.6 is 0 Å². The molecule has 2 heterocycles. The first kappa shape index (κ1) is 12.9. The van der Waals surface area contributed by atoms with Crippen LogP contribution in [0.4, 0.5) is 0 Å². The van der Waals surface area contributed by atoms with Crippen molar-refractivity contribution in [3.05, 3.63) is 60.7 Å². The minimum absolute atomic E-state index is 0.348. The quantitative estimate of drug-likeness (QED) is 0.799. The smallest absolute Gasteiger partial charge is 0.122 e. The molecule has 20 heavy (non-hydrogen) atoms.